The summed E-state index contributed by atoms with van der Waals surface area (Å²) < 4.78 is 9.59. The number of benzene rings is 6. The molecule has 0 saturated heterocycles. The van der Waals surface area contributed by atoms with E-state index in [2.05, 4.69) is 198 Å². The molecule has 332 valence electrons. The van der Waals surface area contributed by atoms with E-state index in [0.717, 1.165) is 82.5 Å². The summed E-state index contributed by atoms with van der Waals surface area (Å²) in [5.74, 6) is 2.33. The fourth-order valence-electron chi connectivity index (χ4n) is 11.0. The van der Waals surface area contributed by atoms with Crippen molar-refractivity contribution in [3.05, 3.63) is 263 Å². The highest BCUT2D eigenvalue weighted by Gasteiger charge is 2.31. The molecule has 0 aliphatic heterocycles. The summed E-state index contributed by atoms with van der Waals surface area (Å²) in [6, 6.07) is 53.9. The molecule has 0 fully saturated rings. The Bertz CT molecular complexity index is 3410. The second kappa shape index (κ2) is 18.2. The first kappa shape index (κ1) is 41.7. The van der Waals surface area contributed by atoms with Crippen LogP contribution in [0.3, 0.4) is 0 Å². The number of para-hydroxylation sites is 3. The molecule has 4 atom stereocenters. The molecule has 6 aromatic carbocycles. The number of nitrogens with zero attached hydrogens (tertiary/aromatic N) is 2. The van der Waals surface area contributed by atoms with Gasteiger partial charge in [-0.1, -0.05) is 182 Å². The predicted molar refractivity (Wildman–Crippen MR) is 282 cm³/mol. The van der Waals surface area contributed by atoms with Gasteiger partial charge in [-0.3, -0.25) is 4.99 Å². The molecule has 12 rings (SSSR count). The number of aromatic nitrogens is 1. The topological polar surface area (TPSA) is 68.5 Å². The summed E-state index contributed by atoms with van der Waals surface area (Å²) >= 11 is 0. The predicted octanol–water partition coefficient (Wildman–Crippen LogP) is 14.7. The minimum atomic E-state index is -0.444. The van der Waals surface area contributed by atoms with Gasteiger partial charge in [0.25, 0.3) is 0 Å². The van der Waals surface area contributed by atoms with E-state index < -0.39 is 6.17 Å². The van der Waals surface area contributed by atoms with Crippen LogP contribution in [-0.2, 0) is 13.0 Å². The zero-order chi connectivity index (χ0) is 45.4. The van der Waals surface area contributed by atoms with Crippen molar-refractivity contribution in [2.45, 2.75) is 50.9 Å². The quantitative estimate of drug-likeness (QED) is 0.0817. The van der Waals surface area contributed by atoms with Crippen LogP contribution in [0.15, 0.2) is 233 Å². The molecule has 3 N–H and O–H groups in total. The second-order valence-corrected chi connectivity index (χ2v) is 18.6. The summed E-state index contributed by atoms with van der Waals surface area (Å²) in [4.78, 5) is 5.43. The fraction of sp³-hybridized carbons (Fsp3) is 0.159. The second-order valence-electron chi connectivity index (χ2n) is 18.6. The first-order valence-corrected chi connectivity index (χ1v) is 24.3. The van der Waals surface area contributed by atoms with Crippen LogP contribution in [0, 0.1) is 11.8 Å². The van der Waals surface area contributed by atoms with Crippen LogP contribution in [0.5, 0.6) is 0 Å². The first-order chi connectivity index (χ1) is 33.6. The van der Waals surface area contributed by atoms with Gasteiger partial charge in [-0.15, -0.1) is 0 Å². The summed E-state index contributed by atoms with van der Waals surface area (Å²) in [5, 5.41) is 7.30. The molecular weight excluding hydrogens is 829 g/mol. The Morgan fingerprint density at radius 3 is 2.19 bits per heavy atom. The van der Waals surface area contributed by atoms with Gasteiger partial charge in [0.15, 0.2) is 0 Å². The lowest BCUT2D eigenvalue weighted by molar-refractivity contribution is 0.567. The average molecular weight is 883 g/mol. The zero-order valence-corrected chi connectivity index (χ0v) is 38.1. The lowest BCUT2D eigenvalue weighted by Gasteiger charge is -2.28. The Labute approximate surface area is 398 Å². The van der Waals surface area contributed by atoms with Crippen molar-refractivity contribution >= 4 is 49.8 Å². The van der Waals surface area contributed by atoms with E-state index in [-0.39, 0.29) is 6.04 Å². The Kier molecular flexibility index (Phi) is 11.1. The van der Waals surface area contributed by atoms with Crippen molar-refractivity contribution in [3.63, 3.8) is 0 Å². The van der Waals surface area contributed by atoms with Gasteiger partial charge >= 0.3 is 0 Å². The van der Waals surface area contributed by atoms with E-state index in [4.69, 9.17) is 15.1 Å². The van der Waals surface area contributed by atoms with Crippen molar-refractivity contribution in [1.29, 1.82) is 0 Å². The van der Waals surface area contributed by atoms with Gasteiger partial charge < -0.3 is 20.0 Å². The highest BCUT2D eigenvalue weighted by Crippen LogP contribution is 2.46. The Balaban J connectivity index is 1.05. The fourth-order valence-corrected chi connectivity index (χ4v) is 11.0. The third-order valence-corrected chi connectivity index (χ3v) is 14.4. The molecule has 68 heavy (non-hydrogen) atoms. The SMILES string of the molecule is NC(N/C(=N\Cc1ccc(C2=CC(C3C=CC=CC3)=CC(C3=CCCC=C3)C2)cc1C1=CC(n2c3ccccc3c3ccccc32)Cc2c1oc1ccccc21)c1ccccc1)c1ccccc1. The molecular formula is C63H54N4O. The Morgan fingerprint density at radius 1 is 0.706 bits per heavy atom. The van der Waals surface area contributed by atoms with Crippen LogP contribution in [0.2, 0.25) is 0 Å². The van der Waals surface area contributed by atoms with E-state index >= 15 is 0 Å². The van der Waals surface area contributed by atoms with Crippen LogP contribution in [0.4, 0.5) is 0 Å². The third-order valence-electron chi connectivity index (χ3n) is 14.4. The monoisotopic (exact) mass is 882 g/mol. The van der Waals surface area contributed by atoms with Crippen LogP contribution in [-0.4, -0.2) is 10.4 Å². The molecule has 8 aromatic rings. The van der Waals surface area contributed by atoms with Crippen LogP contribution in [0.25, 0.3) is 43.9 Å². The number of furan rings is 1. The third kappa shape index (κ3) is 7.93. The highest BCUT2D eigenvalue weighted by atomic mass is 16.3. The maximum absolute atomic E-state index is 7.03. The van der Waals surface area contributed by atoms with E-state index in [1.807, 2.05) is 24.3 Å². The van der Waals surface area contributed by atoms with Crippen molar-refractivity contribution in [2.75, 3.05) is 0 Å². The van der Waals surface area contributed by atoms with Gasteiger partial charge in [0, 0.05) is 62.1 Å². The summed E-state index contributed by atoms with van der Waals surface area (Å²) in [5.41, 5.74) is 22.2. The zero-order valence-electron chi connectivity index (χ0n) is 38.1. The Morgan fingerprint density at radius 2 is 1.44 bits per heavy atom. The van der Waals surface area contributed by atoms with Crippen LogP contribution < -0.4 is 11.1 Å². The number of hydrogen-bond acceptors (Lipinski definition) is 3. The number of aliphatic imine (C=N–C) groups is 1. The molecule has 5 nitrogen and oxygen atoms in total. The molecule has 4 aliphatic rings. The molecule has 0 saturated carbocycles. The standard InChI is InChI=1S/C63H54N4O/c64-62(44-23-9-3-10-24-44)66-63(45-25-11-4-12-26-45)65-41-47-34-33-46(50-36-48(42-19-5-1-6-20-42)35-49(37-50)43-21-7-2-8-22-43)38-55(47)57-40-51(39-56-54-29-15-18-32-60(54)68-61(56)57)67-58-30-16-13-27-52(58)53-28-14-17-31-59(53)67/h1,3-7,9-19,21-36,38,40,42,49,51,62H,2,8,20,37,39,41,64H2,(H,65,66). The number of rotatable bonds is 10. The lowest BCUT2D eigenvalue weighted by Crippen LogP contribution is -2.34. The molecule has 2 aromatic heterocycles. The normalized spacial score (nSPS) is 19.7. The van der Waals surface area contributed by atoms with Crippen LogP contribution in [0.1, 0.15) is 77.0 Å². The Hall–Kier alpha value is -7.73. The highest BCUT2D eigenvalue weighted by molar-refractivity contribution is 6.08. The smallest absolute Gasteiger partial charge is 0.139 e. The van der Waals surface area contributed by atoms with Gasteiger partial charge in [-0.25, -0.2) is 0 Å². The maximum Gasteiger partial charge on any atom is 0.139 e. The largest absolute Gasteiger partial charge is 0.456 e. The molecule has 4 unspecified atom stereocenters. The number of amidine groups is 1. The number of hydrogen-bond donors (Lipinski definition) is 2. The summed E-state index contributed by atoms with van der Waals surface area (Å²) in [6.45, 7) is 0.422. The summed E-state index contributed by atoms with van der Waals surface area (Å²) in [6.07, 6.45) is 28.2. The molecule has 0 radical (unpaired) electrons. The molecule has 5 heteroatoms. The minimum absolute atomic E-state index is 0.0118. The van der Waals surface area contributed by atoms with Gasteiger partial charge in [0.2, 0.25) is 0 Å². The van der Waals surface area contributed by atoms with Crippen molar-refractivity contribution in [1.82, 2.24) is 9.88 Å². The van der Waals surface area contributed by atoms with Gasteiger partial charge in [0.05, 0.1) is 12.6 Å². The van der Waals surface area contributed by atoms with Crippen LogP contribution >= 0.6 is 0 Å². The molecule has 4 aliphatic carbocycles. The average Bonchev–Trinajstić information content (AvgIpc) is 3.96. The lowest BCUT2D eigenvalue weighted by atomic mass is 9.77. The first-order valence-electron chi connectivity index (χ1n) is 24.3. The van der Waals surface area contributed by atoms with Gasteiger partial charge in [-0.2, -0.15) is 0 Å². The maximum atomic E-state index is 7.03. The van der Waals surface area contributed by atoms with Crippen molar-refractivity contribution < 1.29 is 4.42 Å². The van der Waals surface area contributed by atoms with E-state index in [9.17, 15) is 0 Å². The van der Waals surface area contributed by atoms with E-state index in [0.29, 0.717) is 18.4 Å². The molecule has 0 amide bonds. The number of fused-ring (bicyclic) bond motifs is 6. The number of nitrogens with two attached hydrogens (primary N) is 1. The molecule has 2 heterocycles. The van der Waals surface area contributed by atoms with Crippen molar-refractivity contribution in [2.24, 2.45) is 22.6 Å². The van der Waals surface area contributed by atoms with Crippen molar-refractivity contribution in [3.8, 4) is 0 Å². The van der Waals surface area contributed by atoms with E-state index in [1.165, 1.54) is 49.7 Å². The van der Waals surface area contributed by atoms with E-state index in [1.54, 1.807) is 0 Å². The molecule has 0 spiro atoms. The summed E-state index contributed by atoms with van der Waals surface area (Å²) in [7, 11) is 0. The van der Waals surface area contributed by atoms with Gasteiger partial charge in [0.1, 0.15) is 23.3 Å². The minimum Gasteiger partial charge on any atom is -0.456 e. The number of allylic oxidation sites excluding steroid dienone is 13. The molecule has 0 bridgehead atoms. The number of nitrogens with one attached hydrogen (secondary N) is 1. The van der Waals surface area contributed by atoms with Gasteiger partial charge in [-0.05, 0) is 95.0 Å².